The molecule has 2 N–H and O–H groups in total. The lowest BCUT2D eigenvalue weighted by atomic mass is 10.0. The fourth-order valence-corrected chi connectivity index (χ4v) is 3.18. The minimum Gasteiger partial charge on any atom is -0.483 e. The molecule has 2 atom stereocenters. The summed E-state index contributed by atoms with van der Waals surface area (Å²) >= 11 is 0. The van der Waals surface area contributed by atoms with E-state index in [1.54, 1.807) is 29.2 Å². The van der Waals surface area contributed by atoms with E-state index in [0.29, 0.717) is 30.3 Å². The van der Waals surface area contributed by atoms with Crippen LogP contribution in [0.5, 0.6) is 0 Å². The van der Waals surface area contributed by atoms with Crippen molar-refractivity contribution in [3.8, 4) is 0 Å². The number of anilines is 1. The van der Waals surface area contributed by atoms with Crippen LogP contribution in [0, 0.1) is 5.92 Å². The van der Waals surface area contributed by atoms with Crippen molar-refractivity contribution in [2.75, 3.05) is 25.5 Å². The van der Waals surface area contributed by atoms with Crippen molar-refractivity contribution in [1.29, 1.82) is 0 Å². The molecule has 31 heavy (non-hydrogen) atoms. The molecule has 166 valence electrons. The van der Waals surface area contributed by atoms with Gasteiger partial charge in [-0.25, -0.2) is 9.59 Å². The highest BCUT2D eigenvalue weighted by atomic mass is 16.5. The minimum atomic E-state index is -0.406. The number of rotatable bonds is 4. The van der Waals surface area contributed by atoms with Gasteiger partial charge in [-0.15, -0.1) is 0 Å². The van der Waals surface area contributed by atoms with Crippen molar-refractivity contribution >= 4 is 24.2 Å². The number of carbonyl (C=O) groups excluding carboxylic acids is 2. The number of hydrogen-bond acceptors (Lipinski definition) is 5. The molecule has 0 unspecified atom stereocenters. The Morgan fingerprint density at radius 3 is 2.29 bits per heavy atom. The second kappa shape index (κ2) is 11.7. The van der Waals surface area contributed by atoms with Gasteiger partial charge in [0.15, 0.2) is 0 Å². The second-order valence-corrected chi connectivity index (χ2v) is 7.33. The summed E-state index contributed by atoms with van der Waals surface area (Å²) in [5.41, 5.74) is 2.13. The van der Waals surface area contributed by atoms with Crippen LogP contribution >= 0.6 is 0 Å². The Morgan fingerprint density at radius 2 is 1.74 bits per heavy atom. The van der Waals surface area contributed by atoms with Crippen molar-refractivity contribution < 1.29 is 29.0 Å². The molecule has 1 fully saturated rings. The third-order valence-electron chi connectivity index (χ3n) is 4.89. The summed E-state index contributed by atoms with van der Waals surface area (Å²) in [6.07, 6.45) is -0.193. The van der Waals surface area contributed by atoms with Crippen LogP contribution in [0.15, 0.2) is 54.6 Å². The summed E-state index contributed by atoms with van der Waals surface area (Å²) in [5.74, 6) is -0.113. The monoisotopic (exact) mass is 428 g/mol. The number of benzene rings is 2. The molecule has 2 aromatic carbocycles. The lowest BCUT2D eigenvalue weighted by Crippen LogP contribution is -2.50. The van der Waals surface area contributed by atoms with Crippen LogP contribution in [0.25, 0.3) is 0 Å². The normalized spacial score (nSPS) is 17.9. The van der Waals surface area contributed by atoms with E-state index in [1.165, 1.54) is 7.11 Å². The zero-order valence-corrected chi connectivity index (χ0v) is 17.9. The van der Waals surface area contributed by atoms with Gasteiger partial charge >= 0.3 is 12.0 Å². The number of methoxy groups -OCH3 is 1. The average molecular weight is 428 g/mol. The maximum Gasteiger partial charge on any atom is 0.337 e. The van der Waals surface area contributed by atoms with Gasteiger partial charge in [0.1, 0.15) is 6.10 Å². The van der Waals surface area contributed by atoms with Crippen LogP contribution in [-0.4, -0.2) is 54.8 Å². The van der Waals surface area contributed by atoms with Gasteiger partial charge in [-0.1, -0.05) is 44.2 Å². The first-order chi connectivity index (χ1) is 14.9. The molecular weight excluding hydrogens is 400 g/mol. The van der Waals surface area contributed by atoms with E-state index < -0.39 is 5.97 Å². The topological polar surface area (TPSA) is 105 Å². The number of hydrogen-bond donors (Lipinski definition) is 2. The Balaban J connectivity index is 0.00000107. The zero-order chi connectivity index (χ0) is 22.8. The van der Waals surface area contributed by atoms with E-state index in [-0.39, 0.29) is 24.7 Å². The maximum absolute atomic E-state index is 12.9. The largest absolute Gasteiger partial charge is 0.483 e. The Hall–Kier alpha value is -3.39. The molecule has 8 nitrogen and oxygen atoms in total. The fraction of sp³-hybridized carbons (Fsp3) is 0.348. The van der Waals surface area contributed by atoms with Gasteiger partial charge < -0.3 is 24.8 Å². The van der Waals surface area contributed by atoms with Gasteiger partial charge in [0.25, 0.3) is 6.47 Å². The first-order valence-corrected chi connectivity index (χ1v) is 9.92. The highest BCUT2D eigenvalue weighted by molar-refractivity contribution is 5.92. The third kappa shape index (κ3) is 6.82. The lowest BCUT2D eigenvalue weighted by molar-refractivity contribution is -0.122. The average Bonchev–Trinajstić information content (AvgIpc) is 2.79. The van der Waals surface area contributed by atoms with Gasteiger partial charge in [-0.2, -0.15) is 0 Å². The summed E-state index contributed by atoms with van der Waals surface area (Å²) in [5, 5.41) is 9.80. The number of nitrogens with zero attached hydrogens (tertiary/aromatic N) is 1. The second-order valence-electron chi connectivity index (χ2n) is 7.33. The lowest BCUT2D eigenvalue weighted by Gasteiger charge is -2.40. The van der Waals surface area contributed by atoms with Crippen LogP contribution in [0.2, 0.25) is 0 Å². The molecule has 2 aromatic rings. The van der Waals surface area contributed by atoms with E-state index in [0.717, 1.165) is 5.56 Å². The highest BCUT2D eigenvalue weighted by Gasteiger charge is 2.33. The van der Waals surface area contributed by atoms with Gasteiger partial charge in [-0.05, 0) is 35.7 Å². The number of carbonyl (C=O) groups is 3. The summed E-state index contributed by atoms with van der Waals surface area (Å²) in [7, 11) is 1.34. The van der Waals surface area contributed by atoms with E-state index in [4.69, 9.17) is 19.4 Å². The standard InChI is InChI=1S/C22H26N2O4.CH2O2/c1-15(2)19-13-24(14-20(28-19)16-7-5-4-6-8-16)22(26)23-18-11-9-17(10-12-18)21(25)27-3;2-1-3/h4-12,15,19-20H,13-14H2,1-3H3,(H,23,26);1H,(H,2,3)/t19-,20+;/m1./s1. The Labute approximate surface area is 181 Å². The number of carboxylic acid groups (broad SMARTS) is 1. The first kappa shape index (κ1) is 23.9. The van der Waals surface area contributed by atoms with Gasteiger partial charge in [-0.3, -0.25) is 4.79 Å². The molecule has 0 saturated carbocycles. The van der Waals surface area contributed by atoms with Gasteiger partial charge in [0.05, 0.1) is 25.3 Å². The van der Waals surface area contributed by atoms with Gasteiger partial charge in [0, 0.05) is 12.2 Å². The predicted octanol–water partition coefficient (Wildman–Crippen LogP) is 3.80. The van der Waals surface area contributed by atoms with Crippen LogP contribution in [0.4, 0.5) is 10.5 Å². The van der Waals surface area contributed by atoms with E-state index in [2.05, 4.69) is 19.2 Å². The van der Waals surface area contributed by atoms with Crippen molar-refractivity contribution in [3.05, 3.63) is 65.7 Å². The van der Waals surface area contributed by atoms with Crippen LogP contribution in [-0.2, 0) is 14.3 Å². The van der Waals surface area contributed by atoms with E-state index >= 15 is 0 Å². The minimum absolute atomic E-state index is 0.0357. The van der Waals surface area contributed by atoms with Crippen LogP contribution in [0.3, 0.4) is 0 Å². The molecule has 1 saturated heterocycles. The van der Waals surface area contributed by atoms with Crippen molar-refractivity contribution in [2.24, 2.45) is 5.92 Å². The summed E-state index contributed by atoms with van der Waals surface area (Å²) in [6.45, 7) is 4.96. The first-order valence-electron chi connectivity index (χ1n) is 9.92. The quantitative estimate of drug-likeness (QED) is 0.567. The van der Waals surface area contributed by atoms with E-state index in [9.17, 15) is 9.59 Å². The number of ether oxygens (including phenoxy) is 2. The number of amides is 2. The summed E-state index contributed by atoms with van der Waals surface area (Å²) in [4.78, 5) is 34.5. The molecule has 1 aliphatic heterocycles. The van der Waals surface area contributed by atoms with E-state index in [1.807, 2.05) is 30.3 Å². The molecule has 8 heteroatoms. The fourth-order valence-electron chi connectivity index (χ4n) is 3.18. The zero-order valence-electron chi connectivity index (χ0n) is 17.9. The molecule has 2 amide bonds. The molecule has 0 aliphatic carbocycles. The Bertz CT molecular complexity index is 854. The predicted molar refractivity (Wildman–Crippen MR) is 116 cm³/mol. The number of morpholine rings is 1. The van der Waals surface area contributed by atoms with Crippen molar-refractivity contribution in [3.63, 3.8) is 0 Å². The molecule has 0 aromatic heterocycles. The SMILES string of the molecule is COC(=O)c1ccc(NC(=O)N2C[C@@H](c3ccccc3)O[C@@H](C(C)C)C2)cc1.O=CO. The van der Waals surface area contributed by atoms with Crippen molar-refractivity contribution in [2.45, 2.75) is 26.1 Å². The number of nitrogens with one attached hydrogen (secondary N) is 1. The third-order valence-corrected chi connectivity index (χ3v) is 4.89. The highest BCUT2D eigenvalue weighted by Crippen LogP contribution is 2.28. The smallest absolute Gasteiger partial charge is 0.337 e. The van der Waals surface area contributed by atoms with Crippen LogP contribution in [0.1, 0.15) is 35.9 Å². The number of urea groups is 1. The summed E-state index contributed by atoms with van der Waals surface area (Å²) < 4.78 is 10.9. The molecule has 1 heterocycles. The molecule has 0 spiro atoms. The Morgan fingerprint density at radius 1 is 1.13 bits per heavy atom. The molecule has 3 rings (SSSR count). The molecule has 0 radical (unpaired) electrons. The molecule has 1 aliphatic rings. The van der Waals surface area contributed by atoms with Crippen molar-refractivity contribution in [1.82, 2.24) is 4.90 Å². The van der Waals surface area contributed by atoms with Gasteiger partial charge in [0.2, 0.25) is 0 Å². The molecular formula is C23H28N2O6. The Kier molecular flexibility index (Phi) is 9.02. The molecule has 0 bridgehead atoms. The maximum atomic E-state index is 12.9. The summed E-state index contributed by atoms with van der Waals surface area (Å²) in [6, 6.07) is 16.4. The van der Waals surface area contributed by atoms with Crippen LogP contribution < -0.4 is 5.32 Å². The number of esters is 1.